The topological polar surface area (TPSA) is 90.2 Å². The largest absolute Gasteiger partial charge is 0.491 e. The minimum absolute atomic E-state index is 0.0438. The summed E-state index contributed by atoms with van der Waals surface area (Å²) in [4.78, 5) is 17.8. The van der Waals surface area contributed by atoms with Crippen LogP contribution in [0.25, 0.3) is 0 Å². The molecule has 1 atom stereocenters. The summed E-state index contributed by atoms with van der Waals surface area (Å²) in [6.07, 6.45) is 2.36. The van der Waals surface area contributed by atoms with Crippen molar-refractivity contribution in [2.75, 3.05) is 11.9 Å². The normalized spacial score (nSPS) is 16.5. The van der Waals surface area contributed by atoms with Gasteiger partial charge in [-0.05, 0) is 6.07 Å². The Morgan fingerprint density at radius 1 is 1.32 bits per heavy atom. The van der Waals surface area contributed by atoms with Gasteiger partial charge in [0.05, 0.1) is 11.0 Å². The Balaban J connectivity index is 1.78. The quantitative estimate of drug-likeness (QED) is 0.668. The van der Waals surface area contributed by atoms with Crippen LogP contribution in [0.4, 0.5) is 11.6 Å². The lowest BCUT2D eigenvalue weighted by atomic mass is 10.1. The maximum atomic E-state index is 10.5. The third-order valence-electron chi connectivity index (χ3n) is 2.85. The minimum atomic E-state index is -0.530. The van der Waals surface area contributed by atoms with Gasteiger partial charge in [0.2, 0.25) is 5.95 Å². The van der Waals surface area contributed by atoms with Gasteiger partial charge in [-0.25, -0.2) is 9.97 Å². The van der Waals surface area contributed by atoms with Crippen molar-refractivity contribution in [1.82, 2.24) is 9.97 Å². The highest BCUT2D eigenvalue weighted by Gasteiger charge is 2.24. The third kappa shape index (κ3) is 2.17. The molecule has 0 saturated heterocycles. The van der Waals surface area contributed by atoms with E-state index in [4.69, 9.17) is 4.74 Å². The molecular formula is C12H10N4O3. The van der Waals surface area contributed by atoms with Gasteiger partial charge >= 0.3 is 5.69 Å². The first-order valence-corrected chi connectivity index (χ1v) is 5.69. The van der Waals surface area contributed by atoms with E-state index in [0.717, 1.165) is 11.3 Å². The fraction of sp³-hybridized carbons (Fsp3) is 0.167. The van der Waals surface area contributed by atoms with E-state index in [1.807, 2.05) is 24.3 Å². The molecule has 96 valence electrons. The van der Waals surface area contributed by atoms with Crippen molar-refractivity contribution in [2.24, 2.45) is 0 Å². The molecule has 1 unspecified atom stereocenters. The number of aromatic nitrogens is 2. The van der Waals surface area contributed by atoms with Crippen LogP contribution >= 0.6 is 0 Å². The Morgan fingerprint density at radius 3 is 2.79 bits per heavy atom. The number of benzene rings is 1. The Kier molecular flexibility index (Phi) is 2.71. The summed E-state index contributed by atoms with van der Waals surface area (Å²) in [5.74, 6) is 1.18. The molecule has 2 aromatic rings. The molecule has 0 spiro atoms. The Labute approximate surface area is 108 Å². The van der Waals surface area contributed by atoms with Crippen molar-refractivity contribution >= 4 is 11.6 Å². The second-order valence-corrected chi connectivity index (χ2v) is 4.07. The molecule has 1 aromatic heterocycles. The monoisotopic (exact) mass is 258 g/mol. The number of anilines is 1. The van der Waals surface area contributed by atoms with Crippen LogP contribution in [0.2, 0.25) is 0 Å². The van der Waals surface area contributed by atoms with Crippen LogP contribution in [0.5, 0.6) is 5.75 Å². The molecule has 7 heteroatoms. The average molecular weight is 258 g/mol. The maximum absolute atomic E-state index is 10.5. The van der Waals surface area contributed by atoms with Gasteiger partial charge in [-0.2, -0.15) is 0 Å². The highest BCUT2D eigenvalue weighted by atomic mass is 16.6. The van der Waals surface area contributed by atoms with Crippen LogP contribution in [-0.4, -0.2) is 21.5 Å². The highest BCUT2D eigenvalue weighted by molar-refractivity contribution is 5.44. The van der Waals surface area contributed by atoms with E-state index in [2.05, 4.69) is 15.3 Å². The molecule has 0 saturated carbocycles. The highest BCUT2D eigenvalue weighted by Crippen LogP contribution is 2.33. The molecule has 1 N–H and O–H groups in total. The van der Waals surface area contributed by atoms with E-state index >= 15 is 0 Å². The third-order valence-corrected chi connectivity index (χ3v) is 2.85. The predicted molar refractivity (Wildman–Crippen MR) is 67.0 cm³/mol. The van der Waals surface area contributed by atoms with Crippen LogP contribution in [0.15, 0.2) is 36.7 Å². The fourth-order valence-corrected chi connectivity index (χ4v) is 1.93. The van der Waals surface area contributed by atoms with Crippen molar-refractivity contribution in [3.8, 4) is 5.75 Å². The maximum Gasteiger partial charge on any atom is 0.305 e. The molecule has 7 nitrogen and oxygen atoms in total. The van der Waals surface area contributed by atoms with Gasteiger partial charge in [-0.1, -0.05) is 18.2 Å². The smallest absolute Gasteiger partial charge is 0.305 e. The molecule has 1 aliphatic rings. The summed E-state index contributed by atoms with van der Waals surface area (Å²) in [6, 6.07) is 7.65. The number of hydrogen-bond donors (Lipinski definition) is 1. The summed E-state index contributed by atoms with van der Waals surface area (Å²) in [5, 5.41) is 13.6. The summed E-state index contributed by atoms with van der Waals surface area (Å²) >= 11 is 0. The molecule has 1 aliphatic heterocycles. The molecule has 0 bridgehead atoms. The van der Waals surface area contributed by atoms with Crippen LogP contribution in [0.3, 0.4) is 0 Å². The van der Waals surface area contributed by atoms with Crippen molar-refractivity contribution in [2.45, 2.75) is 6.04 Å². The van der Waals surface area contributed by atoms with Crippen LogP contribution in [0, 0.1) is 10.1 Å². The molecule has 3 rings (SSSR count). The molecule has 2 heterocycles. The minimum Gasteiger partial charge on any atom is -0.491 e. The van der Waals surface area contributed by atoms with Gasteiger partial charge in [0.25, 0.3) is 0 Å². The Hall–Kier alpha value is -2.70. The van der Waals surface area contributed by atoms with E-state index in [1.165, 1.54) is 12.4 Å². The zero-order valence-corrected chi connectivity index (χ0v) is 9.81. The molecule has 0 fully saturated rings. The van der Waals surface area contributed by atoms with Crippen LogP contribution in [0.1, 0.15) is 11.6 Å². The number of para-hydroxylation sites is 1. The van der Waals surface area contributed by atoms with E-state index in [1.54, 1.807) is 0 Å². The Morgan fingerprint density at radius 2 is 2.05 bits per heavy atom. The van der Waals surface area contributed by atoms with Gasteiger partial charge in [-0.15, -0.1) is 0 Å². The molecule has 19 heavy (non-hydrogen) atoms. The van der Waals surface area contributed by atoms with E-state index < -0.39 is 4.92 Å². The average Bonchev–Trinajstić information content (AvgIpc) is 2.83. The van der Waals surface area contributed by atoms with Gasteiger partial charge in [0.1, 0.15) is 24.8 Å². The number of fused-ring (bicyclic) bond motifs is 1. The molecule has 0 amide bonds. The van der Waals surface area contributed by atoms with E-state index in [-0.39, 0.29) is 11.7 Å². The summed E-state index contributed by atoms with van der Waals surface area (Å²) < 4.78 is 5.52. The number of nitrogens with one attached hydrogen (secondary N) is 1. The van der Waals surface area contributed by atoms with Gasteiger partial charge < -0.3 is 10.1 Å². The molecule has 1 aromatic carbocycles. The second kappa shape index (κ2) is 4.52. The number of nitro groups is 1. The predicted octanol–water partition coefficient (Wildman–Crippen LogP) is 1.93. The first-order valence-electron chi connectivity index (χ1n) is 5.69. The van der Waals surface area contributed by atoms with Crippen LogP contribution < -0.4 is 10.1 Å². The SMILES string of the molecule is O=[N+]([O-])c1cnc(NC2COc3ccccc32)nc1. The zero-order valence-electron chi connectivity index (χ0n) is 9.81. The van der Waals surface area contributed by atoms with Gasteiger partial charge in [-0.3, -0.25) is 10.1 Å². The van der Waals surface area contributed by atoms with Crippen molar-refractivity contribution in [3.05, 3.63) is 52.3 Å². The lowest BCUT2D eigenvalue weighted by Gasteiger charge is -2.10. The molecule has 0 aliphatic carbocycles. The first kappa shape index (κ1) is 11.4. The number of rotatable bonds is 3. The molecular weight excluding hydrogens is 248 g/mol. The van der Waals surface area contributed by atoms with Gasteiger partial charge in [0.15, 0.2) is 0 Å². The van der Waals surface area contributed by atoms with E-state index in [0.29, 0.717) is 12.6 Å². The lowest BCUT2D eigenvalue weighted by molar-refractivity contribution is -0.385. The second-order valence-electron chi connectivity index (χ2n) is 4.07. The number of ether oxygens (including phenoxy) is 1. The fourth-order valence-electron chi connectivity index (χ4n) is 1.93. The number of hydrogen-bond acceptors (Lipinski definition) is 6. The van der Waals surface area contributed by atoms with Crippen molar-refractivity contribution in [3.63, 3.8) is 0 Å². The lowest BCUT2D eigenvalue weighted by Crippen LogP contribution is -2.14. The number of nitrogens with zero attached hydrogens (tertiary/aromatic N) is 3. The Bertz CT molecular complexity index is 615. The summed E-state index contributed by atoms with van der Waals surface area (Å²) in [5.41, 5.74) is 0.901. The summed E-state index contributed by atoms with van der Waals surface area (Å²) in [7, 11) is 0. The van der Waals surface area contributed by atoms with Crippen molar-refractivity contribution < 1.29 is 9.66 Å². The summed E-state index contributed by atoms with van der Waals surface area (Å²) in [6.45, 7) is 0.486. The molecule has 0 radical (unpaired) electrons. The van der Waals surface area contributed by atoms with Gasteiger partial charge in [0, 0.05) is 5.56 Å². The van der Waals surface area contributed by atoms with E-state index in [9.17, 15) is 10.1 Å². The van der Waals surface area contributed by atoms with Crippen molar-refractivity contribution in [1.29, 1.82) is 0 Å². The standard InChI is InChI=1S/C12H10N4O3/c17-16(18)8-5-13-12(14-6-8)15-10-7-19-11-4-2-1-3-9(10)11/h1-6,10H,7H2,(H,13,14,15). The first-order chi connectivity index (χ1) is 9.24. The van der Waals surface area contributed by atoms with Crippen LogP contribution in [-0.2, 0) is 0 Å². The zero-order chi connectivity index (χ0) is 13.2.